The van der Waals surface area contributed by atoms with Gasteiger partial charge in [0.15, 0.2) is 0 Å². The zero-order chi connectivity index (χ0) is 14.0. The van der Waals surface area contributed by atoms with Gasteiger partial charge in [-0.15, -0.1) is 0 Å². The van der Waals surface area contributed by atoms with Crippen LogP contribution in [-0.4, -0.2) is 0 Å². The van der Waals surface area contributed by atoms with E-state index in [0.717, 1.165) is 24.3 Å². The van der Waals surface area contributed by atoms with Crippen molar-refractivity contribution in [2.45, 2.75) is 6.54 Å². The molecule has 0 saturated carbocycles. The fraction of sp³-hybridized carbons (Fsp3) is 0.0769. The maximum Gasteiger partial charge on any atom is 0.150 e. The van der Waals surface area contributed by atoms with Gasteiger partial charge < -0.3 is 5.32 Å². The van der Waals surface area contributed by atoms with E-state index in [1.54, 1.807) is 0 Å². The standard InChI is InChI=1S/C13H8BrF4N/c14-10-4-9(16)5-12(18)13(10)19-6-7-3-8(15)1-2-11(7)17/h1-5,19H,6H2. The maximum absolute atomic E-state index is 13.5. The summed E-state index contributed by atoms with van der Waals surface area (Å²) in [6, 6.07) is 4.77. The van der Waals surface area contributed by atoms with E-state index in [4.69, 9.17) is 0 Å². The van der Waals surface area contributed by atoms with Gasteiger partial charge in [0.25, 0.3) is 0 Å². The summed E-state index contributed by atoms with van der Waals surface area (Å²) in [6.45, 7) is -0.120. The summed E-state index contributed by atoms with van der Waals surface area (Å²) in [5.41, 5.74) is 0.0423. The molecule has 0 aliphatic rings. The van der Waals surface area contributed by atoms with Crippen LogP contribution < -0.4 is 5.32 Å². The molecular formula is C13H8BrF4N. The van der Waals surface area contributed by atoms with Crippen molar-refractivity contribution in [3.8, 4) is 0 Å². The van der Waals surface area contributed by atoms with Crippen LogP contribution in [0.25, 0.3) is 0 Å². The lowest BCUT2D eigenvalue weighted by Gasteiger charge is -2.10. The Kier molecular flexibility index (Phi) is 4.09. The molecule has 1 N–H and O–H groups in total. The minimum atomic E-state index is -0.816. The molecule has 2 aromatic rings. The molecule has 0 fully saturated rings. The largest absolute Gasteiger partial charge is 0.378 e. The van der Waals surface area contributed by atoms with Gasteiger partial charge in [0.1, 0.15) is 23.3 Å². The van der Waals surface area contributed by atoms with Crippen LogP contribution >= 0.6 is 15.9 Å². The summed E-state index contributed by atoms with van der Waals surface area (Å²) >= 11 is 2.99. The van der Waals surface area contributed by atoms with Crippen molar-refractivity contribution in [2.75, 3.05) is 5.32 Å². The Morgan fingerprint density at radius 3 is 2.32 bits per heavy atom. The highest BCUT2D eigenvalue weighted by molar-refractivity contribution is 9.10. The number of halogens is 5. The monoisotopic (exact) mass is 333 g/mol. The summed E-state index contributed by atoms with van der Waals surface area (Å²) in [4.78, 5) is 0. The average Bonchev–Trinajstić information content (AvgIpc) is 2.32. The van der Waals surface area contributed by atoms with Gasteiger partial charge in [0.2, 0.25) is 0 Å². The van der Waals surface area contributed by atoms with E-state index in [-0.39, 0.29) is 22.3 Å². The summed E-state index contributed by atoms with van der Waals surface area (Å²) in [7, 11) is 0. The van der Waals surface area contributed by atoms with Crippen molar-refractivity contribution in [1.82, 2.24) is 0 Å². The number of rotatable bonds is 3. The van der Waals surface area contributed by atoms with Crippen molar-refractivity contribution < 1.29 is 17.6 Å². The molecule has 1 nitrogen and oxygen atoms in total. The number of anilines is 1. The van der Waals surface area contributed by atoms with Crippen LogP contribution in [-0.2, 0) is 6.54 Å². The van der Waals surface area contributed by atoms with Gasteiger partial charge in [-0.3, -0.25) is 0 Å². The van der Waals surface area contributed by atoms with Gasteiger partial charge >= 0.3 is 0 Å². The fourth-order valence-electron chi connectivity index (χ4n) is 1.57. The van der Waals surface area contributed by atoms with Gasteiger partial charge in [-0.1, -0.05) is 0 Å². The van der Waals surface area contributed by atoms with E-state index in [1.807, 2.05) is 0 Å². The minimum Gasteiger partial charge on any atom is -0.378 e. The van der Waals surface area contributed by atoms with Gasteiger partial charge in [0, 0.05) is 22.6 Å². The predicted molar refractivity (Wildman–Crippen MR) is 67.7 cm³/mol. The quantitative estimate of drug-likeness (QED) is 0.808. The first-order valence-corrected chi connectivity index (χ1v) is 6.09. The Labute approximate surface area is 115 Å². The highest BCUT2D eigenvalue weighted by Gasteiger charge is 2.10. The Hall–Kier alpha value is -1.56. The van der Waals surface area contributed by atoms with Crippen LogP contribution in [0.1, 0.15) is 5.56 Å². The predicted octanol–water partition coefficient (Wildman–Crippen LogP) is 4.62. The van der Waals surface area contributed by atoms with Crippen molar-refractivity contribution >= 4 is 21.6 Å². The van der Waals surface area contributed by atoms with E-state index >= 15 is 0 Å². The second-order valence-corrected chi connectivity index (χ2v) is 4.69. The lowest BCUT2D eigenvalue weighted by Crippen LogP contribution is -2.05. The summed E-state index contributed by atoms with van der Waals surface area (Å²) < 4.78 is 52.9. The summed E-state index contributed by atoms with van der Waals surface area (Å²) in [6.07, 6.45) is 0. The Balaban J connectivity index is 2.21. The molecule has 0 radical (unpaired) electrons. The fourth-order valence-corrected chi connectivity index (χ4v) is 2.12. The van der Waals surface area contributed by atoms with Crippen LogP contribution in [0.15, 0.2) is 34.8 Å². The topological polar surface area (TPSA) is 12.0 Å². The van der Waals surface area contributed by atoms with Gasteiger partial charge in [-0.25, -0.2) is 17.6 Å². The summed E-state index contributed by atoms with van der Waals surface area (Å²) in [5.74, 6) is -2.74. The Bertz CT molecular complexity index is 593. The van der Waals surface area contributed by atoms with Crippen molar-refractivity contribution in [1.29, 1.82) is 0 Å². The van der Waals surface area contributed by atoms with Crippen LogP contribution in [0.2, 0.25) is 0 Å². The first-order valence-electron chi connectivity index (χ1n) is 5.29. The molecule has 100 valence electrons. The van der Waals surface area contributed by atoms with E-state index in [2.05, 4.69) is 21.2 Å². The van der Waals surface area contributed by atoms with Crippen LogP contribution in [0.4, 0.5) is 23.2 Å². The van der Waals surface area contributed by atoms with Crippen LogP contribution in [0.5, 0.6) is 0 Å². The van der Waals surface area contributed by atoms with E-state index in [1.165, 1.54) is 0 Å². The average molecular weight is 334 g/mol. The Morgan fingerprint density at radius 2 is 1.63 bits per heavy atom. The molecule has 6 heteroatoms. The van der Waals surface area contributed by atoms with Gasteiger partial charge in [-0.05, 0) is 40.2 Å². The molecule has 0 spiro atoms. The molecule has 19 heavy (non-hydrogen) atoms. The second-order valence-electron chi connectivity index (χ2n) is 3.83. The highest BCUT2D eigenvalue weighted by Crippen LogP contribution is 2.27. The molecule has 2 aromatic carbocycles. The second kappa shape index (κ2) is 5.61. The molecule has 2 rings (SSSR count). The third kappa shape index (κ3) is 3.26. The van der Waals surface area contributed by atoms with Gasteiger partial charge in [-0.2, -0.15) is 0 Å². The minimum absolute atomic E-state index is 0.00920. The van der Waals surface area contributed by atoms with Crippen molar-refractivity contribution in [3.05, 3.63) is 63.6 Å². The van der Waals surface area contributed by atoms with Crippen LogP contribution in [0, 0.1) is 23.3 Å². The molecule has 0 amide bonds. The number of benzene rings is 2. The SMILES string of the molecule is Fc1cc(F)c(NCc2cc(F)ccc2F)c(Br)c1. The van der Waals surface area contributed by atoms with Crippen molar-refractivity contribution in [2.24, 2.45) is 0 Å². The lowest BCUT2D eigenvalue weighted by molar-refractivity contribution is 0.580. The van der Waals surface area contributed by atoms with E-state index < -0.39 is 23.3 Å². The number of hydrogen-bond donors (Lipinski definition) is 1. The van der Waals surface area contributed by atoms with E-state index in [0.29, 0.717) is 6.07 Å². The number of nitrogens with one attached hydrogen (secondary N) is 1. The highest BCUT2D eigenvalue weighted by atomic mass is 79.9. The molecule has 0 atom stereocenters. The third-order valence-electron chi connectivity index (χ3n) is 2.47. The molecular weight excluding hydrogens is 326 g/mol. The zero-order valence-electron chi connectivity index (χ0n) is 9.48. The molecule has 0 aliphatic carbocycles. The number of hydrogen-bond acceptors (Lipinski definition) is 1. The molecule has 0 heterocycles. The van der Waals surface area contributed by atoms with E-state index in [9.17, 15) is 17.6 Å². The zero-order valence-corrected chi connectivity index (χ0v) is 11.1. The molecule has 0 bridgehead atoms. The maximum atomic E-state index is 13.5. The molecule has 0 saturated heterocycles. The Morgan fingerprint density at radius 1 is 0.895 bits per heavy atom. The van der Waals surface area contributed by atoms with Gasteiger partial charge in [0.05, 0.1) is 5.69 Å². The smallest absolute Gasteiger partial charge is 0.150 e. The van der Waals surface area contributed by atoms with Crippen molar-refractivity contribution in [3.63, 3.8) is 0 Å². The first kappa shape index (κ1) is 13.9. The first-order chi connectivity index (χ1) is 8.97. The van der Waals surface area contributed by atoms with Crippen LogP contribution in [0.3, 0.4) is 0 Å². The summed E-state index contributed by atoms with van der Waals surface area (Å²) in [5, 5.41) is 2.60. The lowest BCUT2D eigenvalue weighted by atomic mass is 10.2. The normalized spacial score (nSPS) is 10.6. The molecule has 0 aliphatic heterocycles. The molecule has 0 unspecified atom stereocenters. The third-order valence-corrected chi connectivity index (χ3v) is 3.10. The molecule has 0 aromatic heterocycles.